The quantitative estimate of drug-likeness (QED) is 0.781. The van der Waals surface area contributed by atoms with Gasteiger partial charge in [0.1, 0.15) is 5.75 Å². The normalized spacial score (nSPS) is 10.1. The topological polar surface area (TPSA) is 29.5 Å². The molecule has 0 aromatic heterocycles. The van der Waals surface area contributed by atoms with Gasteiger partial charge in [0.2, 0.25) is 0 Å². The van der Waals surface area contributed by atoms with Gasteiger partial charge in [-0.1, -0.05) is 18.2 Å². The summed E-state index contributed by atoms with van der Waals surface area (Å²) in [6, 6.07) is 15.6. The fraction of sp³-hybridized carbons (Fsp3) is 0.188. The second kappa shape index (κ2) is 5.57. The summed E-state index contributed by atoms with van der Waals surface area (Å²) in [7, 11) is 3.56. The monoisotopic (exact) mass is 255 g/mol. The van der Waals surface area contributed by atoms with Gasteiger partial charge in [0.15, 0.2) is 5.78 Å². The van der Waals surface area contributed by atoms with Gasteiger partial charge in [-0.2, -0.15) is 0 Å². The molecule has 0 saturated heterocycles. The maximum absolute atomic E-state index is 11.5. The molecule has 0 heterocycles. The maximum Gasteiger partial charge on any atom is 0.163 e. The van der Waals surface area contributed by atoms with Crippen molar-refractivity contribution in [3.8, 4) is 5.75 Å². The SMILES string of the molecule is COc1cc(N(C)c2ccccc2)ccc1C(C)=O. The van der Waals surface area contributed by atoms with Crippen molar-refractivity contribution >= 4 is 17.2 Å². The van der Waals surface area contributed by atoms with Gasteiger partial charge in [-0.15, -0.1) is 0 Å². The summed E-state index contributed by atoms with van der Waals surface area (Å²) in [5, 5.41) is 0. The molecule has 3 nitrogen and oxygen atoms in total. The van der Waals surface area contributed by atoms with Crippen LogP contribution in [0, 0.1) is 0 Å². The van der Waals surface area contributed by atoms with E-state index in [0.717, 1.165) is 11.4 Å². The molecule has 0 aliphatic rings. The summed E-state index contributed by atoms with van der Waals surface area (Å²) in [5.41, 5.74) is 2.67. The number of carbonyl (C=O) groups is 1. The Balaban J connectivity index is 2.39. The summed E-state index contributed by atoms with van der Waals surface area (Å²) in [5.74, 6) is 0.610. The Hall–Kier alpha value is -2.29. The number of hydrogen-bond donors (Lipinski definition) is 0. The lowest BCUT2D eigenvalue weighted by atomic mass is 10.1. The molecular formula is C16H17NO2. The standard InChI is InChI=1S/C16H17NO2/c1-12(18)15-10-9-14(11-16(15)19-3)17(2)13-7-5-4-6-8-13/h4-11H,1-3H3. The van der Waals surface area contributed by atoms with Gasteiger partial charge >= 0.3 is 0 Å². The number of para-hydroxylation sites is 1. The summed E-state index contributed by atoms with van der Waals surface area (Å²) < 4.78 is 5.29. The van der Waals surface area contributed by atoms with Gasteiger partial charge in [0, 0.05) is 24.5 Å². The minimum atomic E-state index is 0.00534. The van der Waals surface area contributed by atoms with Crippen molar-refractivity contribution in [1.82, 2.24) is 0 Å². The molecule has 0 bridgehead atoms. The van der Waals surface area contributed by atoms with Gasteiger partial charge in [-0.25, -0.2) is 0 Å². The third kappa shape index (κ3) is 2.76. The van der Waals surface area contributed by atoms with E-state index in [4.69, 9.17) is 4.74 Å². The Kier molecular flexibility index (Phi) is 3.85. The van der Waals surface area contributed by atoms with E-state index in [1.807, 2.05) is 54.4 Å². The van der Waals surface area contributed by atoms with Crippen LogP contribution in [0.3, 0.4) is 0 Å². The summed E-state index contributed by atoms with van der Waals surface area (Å²) in [6.07, 6.45) is 0. The number of hydrogen-bond acceptors (Lipinski definition) is 3. The highest BCUT2D eigenvalue weighted by molar-refractivity contribution is 5.97. The average molecular weight is 255 g/mol. The van der Waals surface area contributed by atoms with Crippen molar-refractivity contribution in [2.75, 3.05) is 19.1 Å². The third-order valence-corrected chi connectivity index (χ3v) is 3.10. The van der Waals surface area contributed by atoms with Crippen molar-refractivity contribution in [3.63, 3.8) is 0 Å². The van der Waals surface area contributed by atoms with Crippen molar-refractivity contribution in [3.05, 3.63) is 54.1 Å². The fourth-order valence-electron chi connectivity index (χ4n) is 1.98. The van der Waals surface area contributed by atoms with Crippen LogP contribution in [-0.4, -0.2) is 19.9 Å². The van der Waals surface area contributed by atoms with Crippen LogP contribution in [0.5, 0.6) is 5.75 Å². The Morgan fingerprint density at radius 2 is 1.74 bits per heavy atom. The van der Waals surface area contributed by atoms with Crippen LogP contribution in [-0.2, 0) is 0 Å². The Morgan fingerprint density at radius 1 is 1.05 bits per heavy atom. The van der Waals surface area contributed by atoms with Gasteiger partial charge < -0.3 is 9.64 Å². The molecule has 0 aliphatic carbocycles. The van der Waals surface area contributed by atoms with Crippen LogP contribution in [0.25, 0.3) is 0 Å². The van der Waals surface area contributed by atoms with E-state index in [9.17, 15) is 4.79 Å². The summed E-state index contributed by atoms with van der Waals surface area (Å²) in [4.78, 5) is 13.5. The molecule has 0 radical (unpaired) electrons. The molecule has 3 heteroatoms. The van der Waals surface area contributed by atoms with Crippen LogP contribution in [0.2, 0.25) is 0 Å². The lowest BCUT2D eigenvalue weighted by Crippen LogP contribution is -2.10. The summed E-state index contributed by atoms with van der Waals surface area (Å²) in [6.45, 7) is 1.54. The van der Waals surface area contributed by atoms with E-state index in [2.05, 4.69) is 0 Å². The van der Waals surface area contributed by atoms with Crippen LogP contribution >= 0.6 is 0 Å². The number of ketones is 1. The highest BCUT2D eigenvalue weighted by Gasteiger charge is 2.11. The fourth-order valence-corrected chi connectivity index (χ4v) is 1.98. The van der Waals surface area contributed by atoms with Gasteiger partial charge in [0.05, 0.1) is 12.7 Å². The molecule has 0 fully saturated rings. The minimum absolute atomic E-state index is 0.00534. The number of benzene rings is 2. The largest absolute Gasteiger partial charge is 0.496 e. The lowest BCUT2D eigenvalue weighted by molar-refractivity contribution is 0.101. The first kappa shape index (κ1) is 13.1. The van der Waals surface area contributed by atoms with Crippen molar-refractivity contribution < 1.29 is 9.53 Å². The molecule has 0 atom stereocenters. The number of carbonyl (C=O) groups excluding carboxylic acids is 1. The summed E-state index contributed by atoms with van der Waals surface area (Å²) >= 11 is 0. The Morgan fingerprint density at radius 3 is 2.32 bits per heavy atom. The van der Waals surface area contributed by atoms with Crippen molar-refractivity contribution in [2.24, 2.45) is 0 Å². The van der Waals surface area contributed by atoms with Crippen LogP contribution in [0.15, 0.2) is 48.5 Å². The van der Waals surface area contributed by atoms with E-state index >= 15 is 0 Å². The molecule has 2 aromatic carbocycles. The number of anilines is 2. The second-order valence-electron chi connectivity index (χ2n) is 4.34. The first-order valence-corrected chi connectivity index (χ1v) is 6.11. The van der Waals surface area contributed by atoms with Crippen LogP contribution in [0.1, 0.15) is 17.3 Å². The number of ether oxygens (including phenoxy) is 1. The maximum atomic E-state index is 11.5. The van der Waals surface area contributed by atoms with Crippen molar-refractivity contribution in [1.29, 1.82) is 0 Å². The molecule has 98 valence electrons. The predicted octanol–water partition coefficient (Wildman–Crippen LogP) is 3.67. The minimum Gasteiger partial charge on any atom is -0.496 e. The average Bonchev–Trinajstić information content (AvgIpc) is 2.46. The molecule has 0 unspecified atom stereocenters. The predicted molar refractivity (Wildman–Crippen MR) is 77.5 cm³/mol. The molecule has 0 saturated carbocycles. The van der Waals surface area contributed by atoms with Crippen molar-refractivity contribution in [2.45, 2.75) is 6.92 Å². The first-order valence-electron chi connectivity index (χ1n) is 6.11. The molecule has 19 heavy (non-hydrogen) atoms. The Bertz CT molecular complexity index is 579. The smallest absolute Gasteiger partial charge is 0.163 e. The third-order valence-electron chi connectivity index (χ3n) is 3.10. The molecule has 0 N–H and O–H groups in total. The molecule has 2 rings (SSSR count). The number of nitrogens with zero attached hydrogens (tertiary/aromatic N) is 1. The zero-order chi connectivity index (χ0) is 13.8. The molecular weight excluding hydrogens is 238 g/mol. The van der Waals surface area contributed by atoms with Gasteiger partial charge in [-0.3, -0.25) is 4.79 Å². The van der Waals surface area contributed by atoms with E-state index in [0.29, 0.717) is 11.3 Å². The zero-order valence-corrected chi connectivity index (χ0v) is 11.4. The van der Waals surface area contributed by atoms with Gasteiger partial charge in [0.25, 0.3) is 0 Å². The molecule has 2 aromatic rings. The zero-order valence-electron chi connectivity index (χ0n) is 11.4. The van der Waals surface area contributed by atoms with Crippen LogP contribution < -0.4 is 9.64 Å². The molecule has 0 aliphatic heterocycles. The highest BCUT2D eigenvalue weighted by atomic mass is 16.5. The highest BCUT2D eigenvalue weighted by Crippen LogP contribution is 2.29. The first-order chi connectivity index (χ1) is 9.13. The second-order valence-corrected chi connectivity index (χ2v) is 4.34. The van der Waals surface area contributed by atoms with E-state index < -0.39 is 0 Å². The molecule has 0 amide bonds. The number of rotatable bonds is 4. The van der Waals surface area contributed by atoms with E-state index in [1.54, 1.807) is 20.1 Å². The van der Waals surface area contributed by atoms with Crippen LogP contribution in [0.4, 0.5) is 11.4 Å². The van der Waals surface area contributed by atoms with E-state index in [-0.39, 0.29) is 5.78 Å². The van der Waals surface area contributed by atoms with Gasteiger partial charge in [-0.05, 0) is 31.2 Å². The Labute approximate surface area is 113 Å². The number of Topliss-reactive ketones (excluding diaryl/α,β-unsaturated/α-hetero) is 1. The molecule has 0 spiro atoms. The number of methoxy groups -OCH3 is 1. The van der Waals surface area contributed by atoms with E-state index in [1.165, 1.54) is 0 Å². The lowest BCUT2D eigenvalue weighted by Gasteiger charge is -2.20.